The van der Waals surface area contributed by atoms with Crippen LogP contribution in [0.4, 0.5) is 5.69 Å². The molecule has 0 spiro atoms. The van der Waals surface area contributed by atoms with E-state index in [2.05, 4.69) is 0 Å². The standard InChI is InChI=1S/C17H23ClN2O4S/c1-17(2)12-24-9-8-19(17)16(21)14-6-5-13(11-15(14)18)20-7-3-4-10-25(20,22)23/h5-6,11H,3-4,7-10,12H2,1-2H3. The molecule has 0 bridgehead atoms. The van der Waals surface area contributed by atoms with Gasteiger partial charge in [-0.15, -0.1) is 0 Å². The van der Waals surface area contributed by atoms with Crippen LogP contribution in [0.1, 0.15) is 37.0 Å². The van der Waals surface area contributed by atoms with Crippen molar-refractivity contribution in [3.63, 3.8) is 0 Å². The van der Waals surface area contributed by atoms with Gasteiger partial charge in [-0.2, -0.15) is 0 Å². The number of morpholine rings is 1. The largest absolute Gasteiger partial charge is 0.377 e. The topological polar surface area (TPSA) is 66.9 Å². The lowest BCUT2D eigenvalue weighted by Crippen LogP contribution is -2.55. The number of benzene rings is 1. The van der Waals surface area contributed by atoms with Gasteiger partial charge in [-0.25, -0.2) is 8.42 Å². The number of carbonyl (C=O) groups excluding carboxylic acids is 1. The Morgan fingerprint density at radius 3 is 2.64 bits per heavy atom. The molecule has 2 heterocycles. The number of amides is 1. The molecule has 138 valence electrons. The summed E-state index contributed by atoms with van der Waals surface area (Å²) in [6.07, 6.45) is 1.49. The number of carbonyl (C=O) groups is 1. The van der Waals surface area contributed by atoms with Crippen LogP contribution in [0.15, 0.2) is 18.2 Å². The van der Waals surface area contributed by atoms with E-state index in [1.54, 1.807) is 23.1 Å². The van der Waals surface area contributed by atoms with Gasteiger partial charge in [0.15, 0.2) is 0 Å². The zero-order chi connectivity index (χ0) is 18.2. The molecule has 2 aliphatic heterocycles. The minimum atomic E-state index is -3.30. The summed E-state index contributed by atoms with van der Waals surface area (Å²) in [5.74, 6) is -0.0147. The SMILES string of the molecule is CC1(C)COCCN1C(=O)c1ccc(N2CCCCS2(=O)=O)cc1Cl. The number of anilines is 1. The first kappa shape index (κ1) is 18.5. The lowest BCUT2D eigenvalue weighted by atomic mass is 10.0. The molecular weight excluding hydrogens is 364 g/mol. The molecule has 0 radical (unpaired) electrons. The van der Waals surface area contributed by atoms with Gasteiger partial charge < -0.3 is 9.64 Å². The summed E-state index contributed by atoms with van der Waals surface area (Å²) in [6.45, 7) is 5.82. The number of sulfonamides is 1. The molecule has 1 aromatic rings. The smallest absolute Gasteiger partial charge is 0.255 e. The molecule has 0 N–H and O–H groups in total. The highest BCUT2D eigenvalue weighted by atomic mass is 35.5. The Hall–Kier alpha value is -1.31. The van der Waals surface area contributed by atoms with E-state index in [1.807, 2.05) is 13.8 Å². The summed E-state index contributed by atoms with van der Waals surface area (Å²) in [7, 11) is -3.30. The predicted molar refractivity (Wildman–Crippen MR) is 97.8 cm³/mol. The number of rotatable bonds is 2. The molecule has 3 rings (SSSR count). The van der Waals surface area contributed by atoms with Crippen molar-refractivity contribution in [3.05, 3.63) is 28.8 Å². The normalized spacial score (nSPS) is 22.7. The van der Waals surface area contributed by atoms with Crippen LogP contribution >= 0.6 is 11.6 Å². The summed E-state index contributed by atoms with van der Waals surface area (Å²) in [4.78, 5) is 14.7. The Morgan fingerprint density at radius 2 is 2.00 bits per heavy atom. The van der Waals surface area contributed by atoms with Crippen LogP contribution in [0.25, 0.3) is 0 Å². The van der Waals surface area contributed by atoms with Crippen LogP contribution < -0.4 is 4.31 Å². The molecule has 0 aliphatic carbocycles. The first-order valence-electron chi connectivity index (χ1n) is 8.42. The van der Waals surface area contributed by atoms with E-state index in [1.165, 1.54) is 4.31 Å². The zero-order valence-electron chi connectivity index (χ0n) is 14.5. The molecule has 2 saturated heterocycles. The maximum Gasteiger partial charge on any atom is 0.255 e. The molecule has 0 saturated carbocycles. The zero-order valence-corrected chi connectivity index (χ0v) is 16.1. The number of hydrogen-bond acceptors (Lipinski definition) is 4. The minimum absolute atomic E-state index is 0.146. The summed E-state index contributed by atoms with van der Waals surface area (Å²) in [5, 5.41) is 0.269. The van der Waals surface area contributed by atoms with E-state index in [-0.39, 0.29) is 16.7 Å². The van der Waals surface area contributed by atoms with Gasteiger partial charge in [-0.3, -0.25) is 9.10 Å². The van der Waals surface area contributed by atoms with Crippen molar-refractivity contribution in [2.24, 2.45) is 0 Å². The summed E-state index contributed by atoms with van der Waals surface area (Å²) < 4.78 is 31.3. The Kier molecular flexibility index (Phi) is 5.01. The number of ether oxygens (including phenoxy) is 1. The second kappa shape index (κ2) is 6.78. The van der Waals surface area contributed by atoms with Crippen molar-refractivity contribution in [1.29, 1.82) is 0 Å². The highest BCUT2D eigenvalue weighted by Gasteiger charge is 2.35. The van der Waals surface area contributed by atoms with Crippen LogP contribution in [-0.4, -0.2) is 56.8 Å². The first-order chi connectivity index (χ1) is 11.7. The molecule has 1 amide bonds. The fourth-order valence-electron chi connectivity index (χ4n) is 3.29. The summed E-state index contributed by atoms with van der Waals surface area (Å²) >= 11 is 6.35. The lowest BCUT2D eigenvalue weighted by molar-refractivity contribution is -0.0370. The molecule has 0 unspecified atom stereocenters. The third kappa shape index (κ3) is 3.64. The number of nitrogens with zero attached hydrogens (tertiary/aromatic N) is 2. The van der Waals surface area contributed by atoms with E-state index in [4.69, 9.17) is 16.3 Å². The van der Waals surface area contributed by atoms with Gasteiger partial charge in [0.1, 0.15) is 0 Å². The molecule has 2 fully saturated rings. The van der Waals surface area contributed by atoms with Gasteiger partial charge in [0.05, 0.1) is 40.8 Å². The quantitative estimate of drug-likeness (QED) is 0.783. The average Bonchev–Trinajstić information content (AvgIpc) is 2.53. The Morgan fingerprint density at radius 1 is 1.24 bits per heavy atom. The molecule has 6 nitrogen and oxygen atoms in total. The Labute approximate surface area is 153 Å². The van der Waals surface area contributed by atoms with Gasteiger partial charge in [-0.1, -0.05) is 11.6 Å². The third-order valence-electron chi connectivity index (χ3n) is 4.71. The Balaban J connectivity index is 1.88. The third-order valence-corrected chi connectivity index (χ3v) is 6.89. The summed E-state index contributed by atoms with van der Waals surface area (Å²) in [5.41, 5.74) is 0.491. The van der Waals surface area contributed by atoms with Crippen molar-refractivity contribution in [2.45, 2.75) is 32.2 Å². The van der Waals surface area contributed by atoms with Gasteiger partial charge in [-0.05, 0) is 44.9 Å². The monoisotopic (exact) mass is 386 g/mol. The van der Waals surface area contributed by atoms with Crippen molar-refractivity contribution in [3.8, 4) is 0 Å². The fourth-order valence-corrected chi connectivity index (χ4v) is 5.18. The maximum atomic E-state index is 12.9. The van der Waals surface area contributed by atoms with Gasteiger partial charge >= 0.3 is 0 Å². The van der Waals surface area contributed by atoms with Crippen molar-refractivity contribution < 1.29 is 17.9 Å². The van der Waals surface area contributed by atoms with Gasteiger partial charge in [0, 0.05) is 13.1 Å². The highest BCUT2D eigenvalue weighted by molar-refractivity contribution is 7.92. The predicted octanol–water partition coefficient (Wildman–Crippen LogP) is 2.52. The van der Waals surface area contributed by atoms with Crippen molar-refractivity contribution >= 4 is 33.2 Å². The molecule has 8 heteroatoms. The van der Waals surface area contributed by atoms with Crippen LogP contribution in [0.3, 0.4) is 0 Å². The van der Waals surface area contributed by atoms with Gasteiger partial charge in [0.25, 0.3) is 5.91 Å². The van der Waals surface area contributed by atoms with E-state index in [0.29, 0.717) is 44.0 Å². The number of halogens is 1. The minimum Gasteiger partial charge on any atom is -0.377 e. The van der Waals surface area contributed by atoms with E-state index < -0.39 is 15.6 Å². The highest BCUT2D eigenvalue weighted by Crippen LogP contribution is 2.30. The Bertz CT molecular complexity index is 779. The van der Waals surface area contributed by atoms with Gasteiger partial charge in [0.2, 0.25) is 10.0 Å². The maximum absolute atomic E-state index is 12.9. The number of hydrogen-bond donors (Lipinski definition) is 0. The van der Waals surface area contributed by atoms with E-state index >= 15 is 0 Å². The van der Waals surface area contributed by atoms with Crippen LogP contribution in [0, 0.1) is 0 Å². The first-order valence-corrected chi connectivity index (χ1v) is 10.4. The second-order valence-corrected chi connectivity index (χ2v) is 9.50. The van der Waals surface area contributed by atoms with Crippen molar-refractivity contribution in [1.82, 2.24) is 4.90 Å². The van der Waals surface area contributed by atoms with Crippen LogP contribution in [0.2, 0.25) is 5.02 Å². The molecular formula is C17H23ClN2O4S. The molecule has 1 aromatic carbocycles. The molecule has 25 heavy (non-hydrogen) atoms. The average molecular weight is 387 g/mol. The lowest BCUT2D eigenvalue weighted by Gasteiger charge is -2.42. The van der Waals surface area contributed by atoms with E-state index in [0.717, 1.165) is 6.42 Å². The van der Waals surface area contributed by atoms with Crippen LogP contribution in [-0.2, 0) is 14.8 Å². The van der Waals surface area contributed by atoms with E-state index in [9.17, 15) is 13.2 Å². The summed E-state index contributed by atoms with van der Waals surface area (Å²) in [6, 6.07) is 4.86. The fraction of sp³-hybridized carbons (Fsp3) is 0.588. The molecule has 0 atom stereocenters. The van der Waals surface area contributed by atoms with Crippen LogP contribution in [0.5, 0.6) is 0 Å². The second-order valence-electron chi connectivity index (χ2n) is 7.08. The van der Waals surface area contributed by atoms with Crippen molar-refractivity contribution in [2.75, 3.05) is 36.4 Å². The molecule has 0 aromatic heterocycles. The molecule has 2 aliphatic rings.